The van der Waals surface area contributed by atoms with Crippen molar-refractivity contribution in [2.24, 2.45) is 5.73 Å². The van der Waals surface area contributed by atoms with Crippen LogP contribution >= 0.6 is 12.4 Å². The molecule has 7 heteroatoms. The molecule has 98 valence electrons. The fourth-order valence-electron chi connectivity index (χ4n) is 1.24. The second-order valence-electron chi connectivity index (χ2n) is 3.33. The van der Waals surface area contributed by atoms with Gasteiger partial charge in [-0.05, 0) is 17.7 Å². The molecular formula is C10H14ClF2NO3. The number of phenolic OH excluding ortho intramolecular Hbond substituents is 1. The first-order valence-corrected chi connectivity index (χ1v) is 4.53. The van der Waals surface area contributed by atoms with Gasteiger partial charge in [-0.25, -0.2) is 8.78 Å². The number of aliphatic hydroxyl groups is 1. The summed E-state index contributed by atoms with van der Waals surface area (Å²) in [6.45, 7) is -1.35. The Hall–Kier alpha value is -1.11. The minimum absolute atomic E-state index is 0. The van der Waals surface area contributed by atoms with Gasteiger partial charge in [0.1, 0.15) is 6.61 Å². The van der Waals surface area contributed by atoms with Gasteiger partial charge in [0.2, 0.25) is 0 Å². The normalized spacial score (nSPS) is 12.8. The van der Waals surface area contributed by atoms with Crippen molar-refractivity contribution in [3.63, 3.8) is 0 Å². The Morgan fingerprint density at radius 3 is 2.47 bits per heavy atom. The van der Waals surface area contributed by atoms with Crippen molar-refractivity contribution in [2.75, 3.05) is 13.7 Å². The minimum atomic E-state index is -3.43. The monoisotopic (exact) mass is 269 g/mol. The van der Waals surface area contributed by atoms with E-state index in [4.69, 9.17) is 15.6 Å². The first-order valence-electron chi connectivity index (χ1n) is 4.53. The van der Waals surface area contributed by atoms with Gasteiger partial charge in [-0.3, -0.25) is 0 Å². The number of rotatable bonds is 4. The summed E-state index contributed by atoms with van der Waals surface area (Å²) in [6.07, 6.45) is 0. The number of methoxy groups -OCH3 is 1. The molecule has 4 nitrogen and oxygen atoms in total. The maximum atomic E-state index is 13.1. The fraction of sp³-hybridized carbons (Fsp3) is 0.400. The zero-order valence-electron chi connectivity index (χ0n) is 9.06. The number of benzene rings is 1. The van der Waals surface area contributed by atoms with E-state index < -0.39 is 18.6 Å². The lowest BCUT2D eigenvalue weighted by Gasteiger charge is -2.22. The highest BCUT2D eigenvalue weighted by molar-refractivity contribution is 5.85. The van der Waals surface area contributed by atoms with Crippen LogP contribution in [-0.4, -0.2) is 29.9 Å². The summed E-state index contributed by atoms with van der Waals surface area (Å²) in [4.78, 5) is 0. The third-order valence-corrected chi connectivity index (χ3v) is 2.23. The molecule has 0 fully saturated rings. The number of halogens is 3. The van der Waals surface area contributed by atoms with Crippen LogP contribution in [0.4, 0.5) is 8.78 Å². The molecule has 0 radical (unpaired) electrons. The quantitative estimate of drug-likeness (QED) is 0.773. The number of phenols is 1. The molecule has 1 rings (SSSR count). The van der Waals surface area contributed by atoms with Crippen molar-refractivity contribution in [3.05, 3.63) is 23.8 Å². The lowest BCUT2D eigenvalue weighted by atomic mass is 10.0. The molecule has 0 amide bonds. The predicted octanol–water partition coefficient (Wildman–Crippen LogP) is 1.45. The van der Waals surface area contributed by atoms with E-state index in [2.05, 4.69) is 0 Å². The Labute approximate surface area is 103 Å². The van der Waals surface area contributed by atoms with Crippen molar-refractivity contribution in [1.29, 1.82) is 0 Å². The van der Waals surface area contributed by atoms with E-state index in [1.165, 1.54) is 19.2 Å². The molecule has 0 aromatic heterocycles. The Bertz CT molecular complexity index is 377. The lowest BCUT2D eigenvalue weighted by Crippen LogP contribution is -2.36. The Kier molecular flexibility index (Phi) is 5.60. The molecule has 0 saturated heterocycles. The summed E-state index contributed by atoms with van der Waals surface area (Å²) in [5.74, 6) is -3.53. The van der Waals surface area contributed by atoms with Crippen molar-refractivity contribution < 1.29 is 23.7 Å². The molecule has 0 aliphatic heterocycles. The summed E-state index contributed by atoms with van der Waals surface area (Å²) >= 11 is 0. The smallest absolute Gasteiger partial charge is 0.289 e. The van der Waals surface area contributed by atoms with Gasteiger partial charge < -0.3 is 20.7 Å². The summed E-state index contributed by atoms with van der Waals surface area (Å²) in [5, 5.41) is 17.9. The number of ether oxygens (including phenoxy) is 1. The number of aliphatic hydroxyl groups excluding tert-OH is 1. The lowest BCUT2D eigenvalue weighted by molar-refractivity contribution is -0.0712. The summed E-state index contributed by atoms with van der Waals surface area (Å²) in [6, 6.07) is 2.06. The molecule has 1 aromatic rings. The molecule has 0 aliphatic carbocycles. The van der Waals surface area contributed by atoms with Crippen LogP contribution in [0.5, 0.6) is 11.5 Å². The van der Waals surface area contributed by atoms with Gasteiger partial charge >= 0.3 is 0 Å². The van der Waals surface area contributed by atoms with E-state index in [1.54, 1.807) is 0 Å². The highest BCUT2D eigenvalue weighted by atomic mass is 35.5. The standard InChI is InChI=1S/C10H13F2NO3.ClH/c1-16-8-3-2-6(4-7(8)15)9(13)10(11,12)5-14;/h2-4,9,14-15H,5,13H2,1H3;1H/t9-;/m1./s1. The van der Waals surface area contributed by atoms with Crippen molar-refractivity contribution >= 4 is 12.4 Å². The highest BCUT2D eigenvalue weighted by Gasteiger charge is 2.37. The van der Waals surface area contributed by atoms with Crippen LogP contribution in [0.2, 0.25) is 0 Å². The molecule has 0 heterocycles. The molecule has 1 aromatic carbocycles. The molecule has 0 unspecified atom stereocenters. The molecule has 4 N–H and O–H groups in total. The molecule has 0 bridgehead atoms. The average molecular weight is 270 g/mol. The molecule has 0 saturated carbocycles. The highest BCUT2D eigenvalue weighted by Crippen LogP contribution is 2.33. The van der Waals surface area contributed by atoms with Gasteiger partial charge in [-0.15, -0.1) is 12.4 Å². The number of alkyl halides is 2. The topological polar surface area (TPSA) is 75.7 Å². The molecule has 0 spiro atoms. The van der Waals surface area contributed by atoms with Crippen LogP contribution < -0.4 is 10.5 Å². The summed E-state index contributed by atoms with van der Waals surface area (Å²) < 4.78 is 30.9. The Morgan fingerprint density at radius 2 is 2.06 bits per heavy atom. The molecule has 0 aliphatic rings. The van der Waals surface area contributed by atoms with Crippen LogP contribution in [0.3, 0.4) is 0 Å². The van der Waals surface area contributed by atoms with Crippen LogP contribution in [0.1, 0.15) is 11.6 Å². The first kappa shape index (κ1) is 15.9. The zero-order chi connectivity index (χ0) is 12.3. The SMILES string of the molecule is COc1ccc([C@@H](N)C(F)(F)CO)cc1O.Cl. The number of hydrogen-bond acceptors (Lipinski definition) is 4. The Balaban J connectivity index is 0.00000256. The van der Waals surface area contributed by atoms with E-state index >= 15 is 0 Å². The van der Waals surface area contributed by atoms with E-state index in [9.17, 15) is 13.9 Å². The van der Waals surface area contributed by atoms with Crippen molar-refractivity contribution in [3.8, 4) is 11.5 Å². The maximum Gasteiger partial charge on any atom is 0.289 e. The second-order valence-corrected chi connectivity index (χ2v) is 3.33. The van der Waals surface area contributed by atoms with Gasteiger partial charge in [-0.1, -0.05) is 6.07 Å². The second kappa shape index (κ2) is 6.00. The van der Waals surface area contributed by atoms with Crippen LogP contribution in [0.15, 0.2) is 18.2 Å². The van der Waals surface area contributed by atoms with Gasteiger partial charge in [0, 0.05) is 0 Å². The third kappa shape index (κ3) is 3.42. The molecule has 1 atom stereocenters. The van der Waals surface area contributed by atoms with E-state index in [1.807, 2.05) is 0 Å². The average Bonchev–Trinajstić information content (AvgIpc) is 2.27. The molecular weight excluding hydrogens is 256 g/mol. The van der Waals surface area contributed by atoms with Gasteiger partial charge in [0.15, 0.2) is 11.5 Å². The fourth-order valence-corrected chi connectivity index (χ4v) is 1.24. The number of aromatic hydroxyl groups is 1. The first-order chi connectivity index (χ1) is 7.42. The van der Waals surface area contributed by atoms with Crippen LogP contribution in [-0.2, 0) is 0 Å². The number of nitrogens with two attached hydrogens (primary N) is 1. The largest absolute Gasteiger partial charge is 0.504 e. The summed E-state index contributed by atoms with van der Waals surface area (Å²) in [7, 11) is 1.34. The molecule has 17 heavy (non-hydrogen) atoms. The van der Waals surface area contributed by atoms with Gasteiger partial charge in [-0.2, -0.15) is 0 Å². The Morgan fingerprint density at radius 1 is 1.47 bits per heavy atom. The van der Waals surface area contributed by atoms with Gasteiger partial charge in [0.25, 0.3) is 5.92 Å². The summed E-state index contributed by atoms with van der Waals surface area (Å²) in [5.41, 5.74) is 5.31. The number of hydrogen-bond donors (Lipinski definition) is 3. The zero-order valence-corrected chi connectivity index (χ0v) is 9.88. The van der Waals surface area contributed by atoms with E-state index in [-0.39, 0.29) is 29.5 Å². The van der Waals surface area contributed by atoms with E-state index in [0.717, 1.165) is 6.07 Å². The van der Waals surface area contributed by atoms with Crippen LogP contribution in [0.25, 0.3) is 0 Å². The van der Waals surface area contributed by atoms with Crippen molar-refractivity contribution in [1.82, 2.24) is 0 Å². The van der Waals surface area contributed by atoms with Crippen molar-refractivity contribution in [2.45, 2.75) is 12.0 Å². The van der Waals surface area contributed by atoms with Gasteiger partial charge in [0.05, 0.1) is 13.2 Å². The van der Waals surface area contributed by atoms with E-state index in [0.29, 0.717) is 0 Å². The third-order valence-electron chi connectivity index (χ3n) is 2.23. The minimum Gasteiger partial charge on any atom is -0.504 e. The van der Waals surface area contributed by atoms with Crippen LogP contribution in [0, 0.1) is 0 Å². The predicted molar refractivity (Wildman–Crippen MR) is 60.9 cm³/mol. The maximum absolute atomic E-state index is 13.1.